The first kappa shape index (κ1) is 17.2. The minimum absolute atomic E-state index is 0.0472. The molecule has 1 unspecified atom stereocenters. The Hall–Kier alpha value is -0.620. The predicted molar refractivity (Wildman–Crippen MR) is 88.8 cm³/mol. The molecule has 1 aliphatic carbocycles. The van der Waals surface area contributed by atoms with E-state index in [4.69, 9.17) is 4.74 Å². The van der Waals surface area contributed by atoms with E-state index in [2.05, 4.69) is 4.90 Å². The van der Waals surface area contributed by atoms with Gasteiger partial charge in [-0.15, -0.1) is 0 Å². The van der Waals surface area contributed by atoms with Gasteiger partial charge in [0.1, 0.15) is 5.60 Å². The number of esters is 1. The Labute approximate surface area is 139 Å². The van der Waals surface area contributed by atoms with E-state index in [1.165, 1.54) is 0 Å². The van der Waals surface area contributed by atoms with Gasteiger partial charge in [-0.1, -0.05) is 6.42 Å². The van der Waals surface area contributed by atoms with Crippen molar-refractivity contribution in [3.8, 4) is 0 Å². The molecule has 3 aliphatic rings. The third-order valence-electron chi connectivity index (χ3n) is 5.59. The lowest BCUT2D eigenvalue weighted by Gasteiger charge is -2.31. The van der Waals surface area contributed by atoms with Crippen LogP contribution in [0.3, 0.4) is 0 Å². The maximum Gasteiger partial charge on any atom is 0.314 e. The molecule has 132 valence electrons. The Morgan fingerprint density at radius 3 is 2.65 bits per heavy atom. The molecule has 2 saturated heterocycles. The second-order valence-corrected chi connectivity index (χ2v) is 10.9. The number of nitrogens with zero attached hydrogens (tertiary/aromatic N) is 1. The number of carbonyl (C=O) groups excluding carboxylic acids is 1. The smallest absolute Gasteiger partial charge is 0.314 e. The number of hydrogen-bond donors (Lipinski definition) is 0. The first-order valence-electron chi connectivity index (χ1n) is 8.76. The van der Waals surface area contributed by atoms with Gasteiger partial charge in [0, 0.05) is 19.6 Å². The summed E-state index contributed by atoms with van der Waals surface area (Å²) in [6, 6.07) is 0. The minimum Gasteiger partial charge on any atom is -0.459 e. The van der Waals surface area contributed by atoms with Crippen LogP contribution in [0.5, 0.6) is 0 Å². The second-order valence-electron chi connectivity index (χ2n) is 8.71. The summed E-state index contributed by atoms with van der Waals surface area (Å²) in [5.74, 6) is 1.19. The lowest BCUT2D eigenvalue weighted by Crippen LogP contribution is -2.41. The molecule has 0 aromatic carbocycles. The van der Waals surface area contributed by atoms with Crippen LogP contribution in [0.2, 0.25) is 0 Å². The SMILES string of the molecule is CC(C)(C)OC(=O)[C@@]12CCC[C@H]1CN(CC1CCS(=O)(=O)C1)C2. The van der Waals surface area contributed by atoms with Crippen LogP contribution >= 0.6 is 0 Å². The third kappa shape index (κ3) is 3.58. The van der Waals surface area contributed by atoms with E-state index < -0.39 is 15.4 Å². The van der Waals surface area contributed by atoms with Gasteiger partial charge in [0.25, 0.3) is 0 Å². The first-order valence-corrected chi connectivity index (χ1v) is 10.6. The Morgan fingerprint density at radius 1 is 1.30 bits per heavy atom. The van der Waals surface area contributed by atoms with Crippen molar-refractivity contribution in [1.29, 1.82) is 0 Å². The van der Waals surface area contributed by atoms with Crippen LogP contribution in [0.4, 0.5) is 0 Å². The molecule has 2 heterocycles. The van der Waals surface area contributed by atoms with E-state index in [9.17, 15) is 13.2 Å². The molecule has 23 heavy (non-hydrogen) atoms. The molecule has 0 bridgehead atoms. The van der Waals surface area contributed by atoms with Crippen molar-refractivity contribution in [2.45, 2.75) is 52.1 Å². The van der Waals surface area contributed by atoms with Crippen molar-refractivity contribution < 1.29 is 17.9 Å². The zero-order valence-electron chi connectivity index (χ0n) is 14.5. The standard InChI is InChI=1S/C17H29NO4S/c1-16(2,3)22-15(19)17-7-4-5-14(17)10-18(12-17)9-13-6-8-23(20,21)11-13/h13-14H,4-12H2,1-3H3/t13?,14-,17+/m0/s1. The summed E-state index contributed by atoms with van der Waals surface area (Å²) in [6.45, 7) is 8.21. The molecule has 0 amide bonds. The van der Waals surface area contributed by atoms with Gasteiger partial charge in [-0.05, 0) is 51.9 Å². The largest absolute Gasteiger partial charge is 0.459 e. The highest BCUT2D eigenvalue weighted by atomic mass is 32.2. The molecule has 0 aromatic rings. The quantitative estimate of drug-likeness (QED) is 0.732. The molecule has 6 heteroatoms. The average Bonchev–Trinajstić information content (AvgIpc) is 3.00. The number of carbonyl (C=O) groups is 1. The fourth-order valence-electron chi connectivity index (χ4n) is 4.63. The van der Waals surface area contributed by atoms with E-state index in [1.807, 2.05) is 20.8 Å². The molecule has 0 radical (unpaired) electrons. The molecule has 2 aliphatic heterocycles. The summed E-state index contributed by atoms with van der Waals surface area (Å²) in [5, 5.41) is 0. The second kappa shape index (κ2) is 5.73. The molecule has 3 rings (SSSR count). The zero-order chi connectivity index (χ0) is 16.9. The van der Waals surface area contributed by atoms with Gasteiger partial charge in [0.2, 0.25) is 0 Å². The topological polar surface area (TPSA) is 63.7 Å². The van der Waals surface area contributed by atoms with Gasteiger partial charge in [-0.2, -0.15) is 0 Å². The van der Waals surface area contributed by atoms with Gasteiger partial charge >= 0.3 is 5.97 Å². The van der Waals surface area contributed by atoms with Gasteiger partial charge in [-0.25, -0.2) is 8.42 Å². The Balaban J connectivity index is 1.66. The molecule has 3 atom stereocenters. The van der Waals surface area contributed by atoms with E-state index in [0.717, 1.165) is 45.3 Å². The number of hydrogen-bond acceptors (Lipinski definition) is 5. The third-order valence-corrected chi connectivity index (χ3v) is 7.43. The fraction of sp³-hybridized carbons (Fsp3) is 0.941. The highest BCUT2D eigenvalue weighted by Crippen LogP contribution is 2.50. The van der Waals surface area contributed by atoms with E-state index in [1.54, 1.807) is 0 Å². The lowest BCUT2D eigenvalue weighted by atomic mass is 9.80. The highest BCUT2D eigenvalue weighted by Gasteiger charge is 2.56. The van der Waals surface area contributed by atoms with Crippen molar-refractivity contribution >= 4 is 15.8 Å². The van der Waals surface area contributed by atoms with Crippen molar-refractivity contribution in [2.24, 2.45) is 17.3 Å². The summed E-state index contributed by atoms with van der Waals surface area (Å²) in [5.41, 5.74) is -0.809. The van der Waals surface area contributed by atoms with Crippen molar-refractivity contribution in [3.63, 3.8) is 0 Å². The van der Waals surface area contributed by atoms with Crippen LogP contribution in [-0.4, -0.2) is 56.0 Å². The van der Waals surface area contributed by atoms with Crippen molar-refractivity contribution in [1.82, 2.24) is 4.90 Å². The first-order chi connectivity index (χ1) is 10.6. The molecule has 1 saturated carbocycles. The number of rotatable bonds is 3. The Bertz CT molecular complexity index is 580. The van der Waals surface area contributed by atoms with Crippen LogP contribution in [0.25, 0.3) is 0 Å². The molecular weight excluding hydrogens is 314 g/mol. The van der Waals surface area contributed by atoms with Crippen LogP contribution in [0, 0.1) is 17.3 Å². The van der Waals surface area contributed by atoms with E-state index >= 15 is 0 Å². The predicted octanol–water partition coefficient (Wildman–Crippen LogP) is 1.86. The number of sulfone groups is 1. The van der Waals surface area contributed by atoms with Crippen LogP contribution in [0.15, 0.2) is 0 Å². The number of likely N-dealkylation sites (tertiary alicyclic amines) is 1. The lowest BCUT2D eigenvalue weighted by molar-refractivity contribution is -0.168. The van der Waals surface area contributed by atoms with Crippen molar-refractivity contribution in [2.75, 3.05) is 31.1 Å². The Kier molecular flexibility index (Phi) is 4.28. The Morgan fingerprint density at radius 2 is 2.04 bits per heavy atom. The molecule has 0 spiro atoms. The summed E-state index contributed by atoms with van der Waals surface area (Å²) < 4.78 is 29.0. The van der Waals surface area contributed by atoms with Gasteiger partial charge in [0.15, 0.2) is 9.84 Å². The maximum atomic E-state index is 12.8. The summed E-state index contributed by atoms with van der Waals surface area (Å²) in [4.78, 5) is 15.1. The van der Waals surface area contributed by atoms with Crippen molar-refractivity contribution in [3.05, 3.63) is 0 Å². The summed E-state index contributed by atoms with van der Waals surface area (Å²) >= 11 is 0. The van der Waals surface area contributed by atoms with Crippen LogP contribution in [0.1, 0.15) is 46.5 Å². The van der Waals surface area contributed by atoms with Crippen LogP contribution in [-0.2, 0) is 19.4 Å². The zero-order valence-corrected chi connectivity index (χ0v) is 15.3. The van der Waals surface area contributed by atoms with E-state index in [0.29, 0.717) is 17.4 Å². The summed E-state index contributed by atoms with van der Waals surface area (Å²) in [7, 11) is -2.83. The number of fused-ring (bicyclic) bond motifs is 1. The van der Waals surface area contributed by atoms with Gasteiger partial charge in [-0.3, -0.25) is 4.79 Å². The van der Waals surface area contributed by atoms with Gasteiger partial charge in [0.05, 0.1) is 16.9 Å². The molecule has 0 N–H and O–H groups in total. The molecule has 3 fully saturated rings. The maximum absolute atomic E-state index is 12.8. The van der Waals surface area contributed by atoms with Gasteiger partial charge < -0.3 is 9.64 Å². The highest BCUT2D eigenvalue weighted by molar-refractivity contribution is 7.91. The normalized spacial score (nSPS) is 37.0. The monoisotopic (exact) mass is 343 g/mol. The average molecular weight is 343 g/mol. The molecule has 5 nitrogen and oxygen atoms in total. The molecule has 0 aromatic heterocycles. The fourth-order valence-corrected chi connectivity index (χ4v) is 6.48. The minimum atomic E-state index is -2.83. The summed E-state index contributed by atoms with van der Waals surface area (Å²) in [6.07, 6.45) is 3.85. The van der Waals surface area contributed by atoms with E-state index in [-0.39, 0.29) is 17.3 Å². The van der Waals surface area contributed by atoms with Crippen LogP contribution < -0.4 is 0 Å². The molecular formula is C17H29NO4S. The number of ether oxygens (including phenoxy) is 1.